The van der Waals surface area contributed by atoms with E-state index in [1.165, 1.54) is 6.92 Å². The van der Waals surface area contributed by atoms with Crippen LogP contribution in [-0.2, 0) is 16.0 Å². The Kier molecular flexibility index (Phi) is 8.82. The van der Waals surface area contributed by atoms with Gasteiger partial charge in [0, 0.05) is 25.2 Å². The molecule has 5 nitrogen and oxygen atoms in total. The van der Waals surface area contributed by atoms with E-state index < -0.39 is 0 Å². The summed E-state index contributed by atoms with van der Waals surface area (Å²) in [6.07, 6.45) is 0.722. The fourth-order valence-corrected chi connectivity index (χ4v) is 2.58. The van der Waals surface area contributed by atoms with Gasteiger partial charge in [-0.15, -0.1) is 12.4 Å². The molecule has 2 rings (SSSR count). The van der Waals surface area contributed by atoms with Gasteiger partial charge in [0.25, 0.3) is 0 Å². The molecule has 0 bridgehead atoms. The molecule has 2 atom stereocenters. The predicted octanol–water partition coefficient (Wildman–Crippen LogP) is 3.06. The Morgan fingerprint density at radius 3 is 2.23 bits per heavy atom. The highest BCUT2D eigenvalue weighted by atomic mass is 35.5. The largest absolute Gasteiger partial charge is 0.355 e. The highest BCUT2D eigenvalue weighted by Gasteiger charge is 2.21. The zero-order chi connectivity index (χ0) is 18.2. The van der Waals surface area contributed by atoms with Crippen molar-refractivity contribution in [3.05, 3.63) is 65.7 Å². The fraction of sp³-hybridized carbons (Fsp3) is 0.300. The summed E-state index contributed by atoms with van der Waals surface area (Å²) >= 11 is 0. The van der Waals surface area contributed by atoms with Gasteiger partial charge in [0.1, 0.15) is 0 Å². The number of halogens is 1. The third-order valence-corrected chi connectivity index (χ3v) is 4.12. The Hall–Kier alpha value is -2.37. The summed E-state index contributed by atoms with van der Waals surface area (Å²) in [6.45, 7) is 3.87. The summed E-state index contributed by atoms with van der Waals surface area (Å²) in [5.74, 6) is -0.445. The van der Waals surface area contributed by atoms with Crippen LogP contribution in [0.2, 0.25) is 0 Å². The van der Waals surface area contributed by atoms with Gasteiger partial charge in [-0.3, -0.25) is 9.59 Å². The van der Waals surface area contributed by atoms with Crippen molar-refractivity contribution in [1.82, 2.24) is 5.32 Å². The molecular weight excluding hydrogens is 350 g/mol. The standard InChI is InChI=1S/C20H25N3O2.ClH/c1-14(19(21)17-6-4-3-5-7-17)20(25)22-13-12-16-8-10-18(11-9-16)23-15(2)24;/h3-11,14,19H,12-13,21H2,1-2H3,(H,22,25)(H,23,24);1H. The second kappa shape index (κ2) is 10.6. The summed E-state index contributed by atoms with van der Waals surface area (Å²) in [6, 6.07) is 16.9. The third kappa shape index (κ3) is 6.50. The maximum atomic E-state index is 12.3. The van der Waals surface area contributed by atoms with Crippen molar-refractivity contribution < 1.29 is 9.59 Å². The lowest BCUT2D eigenvalue weighted by Gasteiger charge is -2.19. The molecule has 6 heteroatoms. The predicted molar refractivity (Wildman–Crippen MR) is 107 cm³/mol. The Bertz CT molecular complexity index is 705. The topological polar surface area (TPSA) is 84.2 Å². The summed E-state index contributed by atoms with van der Waals surface area (Å²) in [5, 5.41) is 5.67. The normalized spacial score (nSPS) is 12.4. The molecule has 2 amide bonds. The smallest absolute Gasteiger partial charge is 0.224 e. The molecular formula is C20H26ClN3O2. The van der Waals surface area contributed by atoms with E-state index in [9.17, 15) is 9.59 Å². The maximum absolute atomic E-state index is 12.3. The molecule has 2 aromatic carbocycles. The first kappa shape index (κ1) is 21.7. The second-order valence-electron chi connectivity index (χ2n) is 6.14. The molecule has 4 N–H and O–H groups in total. The van der Waals surface area contributed by atoms with Crippen LogP contribution in [0.25, 0.3) is 0 Å². The summed E-state index contributed by atoms with van der Waals surface area (Å²) < 4.78 is 0. The number of carbonyl (C=O) groups excluding carboxylic acids is 2. The molecule has 0 aliphatic carbocycles. The van der Waals surface area contributed by atoms with Gasteiger partial charge in [0.2, 0.25) is 11.8 Å². The summed E-state index contributed by atoms with van der Waals surface area (Å²) in [5.41, 5.74) is 9.00. The molecule has 0 saturated heterocycles. The van der Waals surface area contributed by atoms with Crippen LogP contribution < -0.4 is 16.4 Å². The number of carbonyl (C=O) groups is 2. The van der Waals surface area contributed by atoms with Crippen LogP contribution in [0, 0.1) is 5.92 Å². The molecule has 0 aliphatic rings. The third-order valence-electron chi connectivity index (χ3n) is 4.12. The number of amides is 2. The highest BCUT2D eigenvalue weighted by Crippen LogP contribution is 2.19. The van der Waals surface area contributed by atoms with Crippen molar-refractivity contribution >= 4 is 29.9 Å². The second-order valence-corrected chi connectivity index (χ2v) is 6.14. The Morgan fingerprint density at radius 2 is 1.65 bits per heavy atom. The van der Waals surface area contributed by atoms with Crippen LogP contribution in [0.4, 0.5) is 5.69 Å². The number of hydrogen-bond donors (Lipinski definition) is 3. The van der Waals surface area contributed by atoms with E-state index in [1.54, 1.807) is 0 Å². The first-order valence-electron chi connectivity index (χ1n) is 8.42. The van der Waals surface area contributed by atoms with E-state index in [0.29, 0.717) is 6.54 Å². The van der Waals surface area contributed by atoms with E-state index >= 15 is 0 Å². The minimum atomic E-state index is -0.321. The van der Waals surface area contributed by atoms with Crippen LogP contribution in [0.5, 0.6) is 0 Å². The SMILES string of the molecule is CC(=O)Nc1ccc(CCNC(=O)C(C)C(N)c2ccccc2)cc1.Cl. The van der Waals surface area contributed by atoms with E-state index in [0.717, 1.165) is 23.2 Å². The minimum Gasteiger partial charge on any atom is -0.355 e. The molecule has 0 aromatic heterocycles. The average Bonchev–Trinajstić information content (AvgIpc) is 2.62. The number of nitrogens with two attached hydrogens (primary N) is 1. The Balaban J connectivity index is 0.00000338. The van der Waals surface area contributed by atoms with Gasteiger partial charge in [-0.05, 0) is 29.7 Å². The lowest BCUT2D eigenvalue weighted by Crippen LogP contribution is -2.36. The maximum Gasteiger partial charge on any atom is 0.224 e. The zero-order valence-electron chi connectivity index (χ0n) is 15.1. The van der Waals surface area contributed by atoms with Crippen LogP contribution in [0.1, 0.15) is 31.0 Å². The zero-order valence-corrected chi connectivity index (χ0v) is 15.9. The Labute approximate surface area is 160 Å². The lowest BCUT2D eigenvalue weighted by atomic mass is 9.94. The van der Waals surface area contributed by atoms with Crippen molar-refractivity contribution in [3.8, 4) is 0 Å². The van der Waals surface area contributed by atoms with E-state index in [-0.39, 0.29) is 36.2 Å². The Morgan fingerprint density at radius 1 is 1.04 bits per heavy atom. The van der Waals surface area contributed by atoms with Gasteiger partial charge in [-0.25, -0.2) is 0 Å². The summed E-state index contributed by atoms with van der Waals surface area (Å²) in [4.78, 5) is 23.3. The number of rotatable bonds is 7. The lowest BCUT2D eigenvalue weighted by molar-refractivity contribution is -0.125. The van der Waals surface area contributed by atoms with Crippen molar-refractivity contribution in [3.63, 3.8) is 0 Å². The van der Waals surface area contributed by atoms with Gasteiger partial charge in [-0.2, -0.15) is 0 Å². The van der Waals surface area contributed by atoms with Gasteiger partial charge < -0.3 is 16.4 Å². The van der Waals surface area contributed by atoms with Gasteiger partial charge in [0.15, 0.2) is 0 Å². The molecule has 0 aliphatic heterocycles. The molecule has 140 valence electrons. The van der Waals surface area contributed by atoms with Gasteiger partial charge in [0.05, 0.1) is 5.92 Å². The number of anilines is 1. The van der Waals surface area contributed by atoms with Gasteiger partial charge in [-0.1, -0.05) is 49.4 Å². The van der Waals surface area contributed by atoms with Gasteiger partial charge >= 0.3 is 0 Å². The van der Waals surface area contributed by atoms with Crippen molar-refractivity contribution in [1.29, 1.82) is 0 Å². The van der Waals surface area contributed by atoms with Crippen LogP contribution >= 0.6 is 12.4 Å². The highest BCUT2D eigenvalue weighted by molar-refractivity contribution is 5.88. The molecule has 0 heterocycles. The molecule has 26 heavy (non-hydrogen) atoms. The molecule has 2 aromatic rings. The molecule has 0 fully saturated rings. The van der Waals surface area contributed by atoms with Crippen LogP contribution in [0.3, 0.4) is 0 Å². The first-order valence-corrected chi connectivity index (χ1v) is 8.42. The van der Waals surface area contributed by atoms with E-state index in [4.69, 9.17) is 5.73 Å². The average molecular weight is 376 g/mol. The fourth-order valence-electron chi connectivity index (χ4n) is 2.58. The van der Waals surface area contributed by atoms with E-state index in [2.05, 4.69) is 10.6 Å². The molecule has 0 saturated carbocycles. The number of benzene rings is 2. The van der Waals surface area contributed by atoms with Crippen LogP contribution in [0.15, 0.2) is 54.6 Å². The quantitative estimate of drug-likeness (QED) is 0.695. The van der Waals surface area contributed by atoms with Crippen LogP contribution in [-0.4, -0.2) is 18.4 Å². The molecule has 0 spiro atoms. The first-order chi connectivity index (χ1) is 12.0. The monoisotopic (exact) mass is 375 g/mol. The number of nitrogens with one attached hydrogen (secondary N) is 2. The molecule has 2 unspecified atom stereocenters. The van der Waals surface area contributed by atoms with Crippen molar-refractivity contribution in [2.24, 2.45) is 11.7 Å². The van der Waals surface area contributed by atoms with Crippen molar-refractivity contribution in [2.45, 2.75) is 26.3 Å². The number of hydrogen-bond acceptors (Lipinski definition) is 3. The van der Waals surface area contributed by atoms with E-state index in [1.807, 2.05) is 61.5 Å². The van der Waals surface area contributed by atoms with Crippen molar-refractivity contribution in [2.75, 3.05) is 11.9 Å². The minimum absolute atomic E-state index is 0. The summed E-state index contributed by atoms with van der Waals surface area (Å²) in [7, 11) is 0. The molecule has 0 radical (unpaired) electrons.